The Labute approximate surface area is 260 Å². The third kappa shape index (κ3) is 10.3. The lowest BCUT2D eigenvalue weighted by Gasteiger charge is -2.29. The van der Waals surface area contributed by atoms with Crippen molar-refractivity contribution in [1.29, 1.82) is 0 Å². The van der Waals surface area contributed by atoms with Gasteiger partial charge in [-0.3, -0.25) is 0 Å². The molecule has 3 aromatic carbocycles. The van der Waals surface area contributed by atoms with Gasteiger partial charge in [-0.25, -0.2) is 0 Å². The van der Waals surface area contributed by atoms with E-state index in [-0.39, 0.29) is 6.42 Å². The Morgan fingerprint density at radius 3 is 1.86 bits per heavy atom. The molecular weight excluding hydrogens is 565 g/mol. The molecule has 1 saturated carbocycles. The zero-order chi connectivity index (χ0) is 31.4. The number of halogens is 3. The molecule has 0 unspecified atom stereocenters. The monoisotopic (exact) mass is 612 g/mol. The van der Waals surface area contributed by atoms with Crippen molar-refractivity contribution in [2.75, 3.05) is 40.6 Å². The highest BCUT2D eigenvalue weighted by atomic mass is 19.4. The summed E-state index contributed by atoms with van der Waals surface area (Å²) in [5.74, 6) is 2.58. The minimum Gasteiger partial charge on any atom is -0.491 e. The van der Waals surface area contributed by atoms with Crippen LogP contribution in [0.4, 0.5) is 13.2 Å². The van der Waals surface area contributed by atoms with Crippen LogP contribution in [0.2, 0.25) is 0 Å². The average molecular weight is 613 g/mol. The zero-order valence-electron chi connectivity index (χ0n) is 26.4. The van der Waals surface area contributed by atoms with Crippen LogP contribution in [-0.2, 0) is 15.9 Å². The van der Waals surface area contributed by atoms with Gasteiger partial charge in [-0.05, 0) is 95.9 Å². The van der Waals surface area contributed by atoms with E-state index in [1.807, 2.05) is 6.07 Å². The highest BCUT2D eigenvalue weighted by Crippen LogP contribution is 2.39. The number of benzene rings is 3. The molecule has 0 aliphatic heterocycles. The predicted octanol–water partition coefficient (Wildman–Crippen LogP) is 10.0. The van der Waals surface area contributed by atoms with Crippen molar-refractivity contribution in [3.8, 4) is 33.8 Å². The Kier molecular flexibility index (Phi) is 13.0. The van der Waals surface area contributed by atoms with Crippen LogP contribution in [0.3, 0.4) is 0 Å². The highest BCUT2D eigenvalue weighted by molar-refractivity contribution is 5.75. The van der Waals surface area contributed by atoms with Crippen LogP contribution in [-0.4, -0.2) is 46.8 Å². The molecule has 0 aromatic heterocycles. The summed E-state index contributed by atoms with van der Waals surface area (Å²) in [6, 6.07) is 21.6. The number of methoxy groups -OCH3 is 2. The third-order valence-corrected chi connectivity index (χ3v) is 8.67. The molecule has 4 rings (SSSR count). The smallest absolute Gasteiger partial charge is 0.389 e. The quantitative estimate of drug-likeness (QED) is 0.151. The standard InChI is InChI=1S/C37H47F3O4/c1-4-28-23-32(16-17-36(28)33-24-34(43-21-19-41-2)26-35(25-33)44-22-20-42-3)31-14-12-30(13-15-31)29-10-8-27(9-11-29)7-5-6-18-37(38,39)40/h12-17,23-27,29H,4-11,18-22H2,1-3H3. The molecule has 0 amide bonds. The third-order valence-electron chi connectivity index (χ3n) is 8.67. The maximum atomic E-state index is 12.4. The maximum Gasteiger partial charge on any atom is 0.389 e. The van der Waals surface area contributed by atoms with Crippen molar-refractivity contribution >= 4 is 0 Å². The van der Waals surface area contributed by atoms with Crippen LogP contribution in [0.25, 0.3) is 22.3 Å². The van der Waals surface area contributed by atoms with E-state index in [1.54, 1.807) is 14.2 Å². The van der Waals surface area contributed by atoms with Crippen molar-refractivity contribution in [1.82, 2.24) is 0 Å². The molecule has 1 aliphatic carbocycles. The number of rotatable bonds is 16. The summed E-state index contributed by atoms with van der Waals surface area (Å²) in [4.78, 5) is 0. The minimum atomic E-state index is -4.03. The Morgan fingerprint density at radius 1 is 0.682 bits per heavy atom. The van der Waals surface area contributed by atoms with Gasteiger partial charge in [-0.2, -0.15) is 13.2 Å². The zero-order valence-corrected chi connectivity index (χ0v) is 26.4. The molecule has 0 spiro atoms. The second-order valence-corrected chi connectivity index (χ2v) is 11.8. The van der Waals surface area contributed by atoms with E-state index in [1.165, 1.54) is 22.3 Å². The lowest BCUT2D eigenvalue weighted by Crippen LogP contribution is -2.14. The first-order valence-corrected chi connectivity index (χ1v) is 16.0. The molecule has 240 valence electrons. The number of hydrogen-bond acceptors (Lipinski definition) is 4. The summed E-state index contributed by atoms with van der Waals surface area (Å²) in [5.41, 5.74) is 7.18. The van der Waals surface area contributed by atoms with Gasteiger partial charge in [0.25, 0.3) is 0 Å². The summed E-state index contributed by atoms with van der Waals surface area (Å²) in [7, 11) is 3.31. The van der Waals surface area contributed by atoms with E-state index in [4.69, 9.17) is 18.9 Å². The van der Waals surface area contributed by atoms with E-state index in [2.05, 4.69) is 61.5 Å². The van der Waals surface area contributed by atoms with E-state index in [0.29, 0.717) is 44.7 Å². The Hall–Kier alpha value is -3.03. The van der Waals surface area contributed by atoms with Crippen LogP contribution in [0.1, 0.15) is 75.3 Å². The van der Waals surface area contributed by atoms with Gasteiger partial charge in [-0.15, -0.1) is 0 Å². The van der Waals surface area contributed by atoms with Crippen molar-refractivity contribution in [3.05, 3.63) is 71.8 Å². The largest absolute Gasteiger partial charge is 0.491 e. The molecule has 0 saturated heterocycles. The van der Waals surface area contributed by atoms with Crippen LogP contribution in [0.15, 0.2) is 60.7 Å². The summed E-state index contributed by atoms with van der Waals surface area (Å²) in [6.07, 6.45) is 2.51. The molecule has 7 heteroatoms. The SMILES string of the molecule is CCc1cc(-c2ccc(C3CCC(CCCCC(F)(F)F)CC3)cc2)ccc1-c1cc(OCCOC)cc(OCCOC)c1. The number of unbranched alkanes of at least 4 members (excludes halogenated alkanes) is 1. The van der Waals surface area contributed by atoms with Crippen LogP contribution >= 0.6 is 0 Å². The van der Waals surface area contributed by atoms with Gasteiger partial charge in [0.2, 0.25) is 0 Å². The average Bonchev–Trinajstić information content (AvgIpc) is 3.03. The highest BCUT2D eigenvalue weighted by Gasteiger charge is 2.27. The molecule has 44 heavy (non-hydrogen) atoms. The molecule has 1 fully saturated rings. The molecule has 0 bridgehead atoms. The number of hydrogen-bond donors (Lipinski definition) is 0. The molecule has 4 nitrogen and oxygen atoms in total. The summed E-state index contributed by atoms with van der Waals surface area (Å²) >= 11 is 0. The van der Waals surface area contributed by atoms with Crippen molar-refractivity contribution in [3.63, 3.8) is 0 Å². The van der Waals surface area contributed by atoms with Gasteiger partial charge in [0.05, 0.1) is 13.2 Å². The molecule has 3 aromatic rings. The van der Waals surface area contributed by atoms with Gasteiger partial charge in [0.15, 0.2) is 0 Å². The Bertz CT molecular complexity index is 1250. The molecule has 0 radical (unpaired) electrons. The van der Waals surface area contributed by atoms with Gasteiger partial charge in [-0.1, -0.05) is 62.2 Å². The van der Waals surface area contributed by atoms with Crippen LogP contribution in [0.5, 0.6) is 11.5 Å². The molecular formula is C37H47F3O4. The van der Waals surface area contributed by atoms with Gasteiger partial charge in [0, 0.05) is 26.7 Å². The van der Waals surface area contributed by atoms with Gasteiger partial charge >= 0.3 is 6.18 Å². The molecule has 0 N–H and O–H groups in total. The Morgan fingerprint density at radius 2 is 1.30 bits per heavy atom. The first-order valence-electron chi connectivity index (χ1n) is 16.0. The Balaban J connectivity index is 1.42. The van der Waals surface area contributed by atoms with Crippen LogP contribution < -0.4 is 9.47 Å². The molecule has 1 aliphatic rings. The van der Waals surface area contributed by atoms with E-state index in [0.717, 1.165) is 61.2 Å². The number of alkyl halides is 3. The number of aryl methyl sites for hydroxylation is 1. The predicted molar refractivity (Wildman–Crippen MR) is 171 cm³/mol. The van der Waals surface area contributed by atoms with E-state index < -0.39 is 12.6 Å². The molecule has 0 heterocycles. The van der Waals surface area contributed by atoms with Crippen LogP contribution in [0, 0.1) is 5.92 Å². The van der Waals surface area contributed by atoms with E-state index in [9.17, 15) is 13.2 Å². The first-order chi connectivity index (χ1) is 21.3. The fraction of sp³-hybridized carbons (Fsp3) is 0.514. The normalized spacial score (nSPS) is 17.0. The summed E-state index contributed by atoms with van der Waals surface area (Å²) in [5, 5.41) is 0. The van der Waals surface area contributed by atoms with Crippen molar-refractivity contribution < 1.29 is 32.1 Å². The van der Waals surface area contributed by atoms with Gasteiger partial charge < -0.3 is 18.9 Å². The second kappa shape index (κ2) is 16.9. The fourth-order valence-corrected chi connectivity index (χ4v) is 6.22. The van der Waals surface area contributed by atoms with Gasteiger partial charge in [0.1, 0.15) is 24.7 Å². The van der Waals surface area contributed by atoms with Crippen molar-refractivity contribution in [2.45, 2.75) is 76.8 Å². The lowest BCUT2D eigenvalue weighted by atomic mass is 9.77. The number of ether oxygens (including phenoxy) is 4. The molecule has 0 atom stereocenters. The maximum absolute atomic E-state index is 12.4. The summed E-state index contributed by atoms with van der Waals surface area (Å²) < 4.78 is 59.5. The lowest BCUT2D eigenvalue weighted by molar-refractivity contribution is -0.135. The van der Waals surface area contributed by atoms with E-state index >= 15 is 0 Å². The summed E-state index contributed by atoms with van der Waals surface area (Å²) in [6.45, 7) is 4.10. The van der Waals surface area contributed by atoms with Crippen molar-refractivity contribution in [2.24, 2.45) is 5.92 Å². The fourth-order valence-electron chi connectivity index (χ4n) is 6.22. The topological polar surface area (TPSA) is 36.9 Å². The second-order valence-electron chi connectivity index (χ2n) is 11.8. The first kappa shape index (κ1) is 33.9. The minimum absolute atomic E-state index is 0.256.